The molecule has 0 radical (unpaired) electrons. The fourth-order valence-corrected chi connectivity index (χ4v) is 1.91. The zero-order valence-electron chi connectivity index (χ0n) is 7.92. The second-order valence-corrected chi connectivity index (χ2v) is 3.51. The second-order valence-electron chi connectivity index (χ2n) is 3.24. The number of hydrogen-bond acceptors (Lipinski definition) is 2. The predicted molar refractivity (Wildman–Crippen MR) is 60.4 cm³/mol. The molecule has 2 nitrogen and oxygen atoms in total. The number of halogens is 1. The number of rotatable bonds is 1. The molecule has 1 aromatic heterocycles. The molecular weight excluding hydrogens is 196 g/mol. The zero-order valence-corrected chi connectivity index (χ0v) is 8.67. The molecule has 0 spiro atoms. The number of hydrogen-bond donors (Lipinski definition) is 1. The maximum absolute atomic E-state index is 6.01. The lowest BCUT2D eigenvalue weighted by atomic mass is 10.1. The lowest BCUT2D eigenvalue weighted by Gasteiger charge is -2.09. The Bertz CT molecular complexity index is 480. The summed E-state index contributed by atoms with van der Waals surface area (Å²) in [6, 6.07) is 7.83. The van der Waals surface area contributed by atoms with Crippen molar-refractivity contribution < 1.29 is 0 Å². The van der Waals surface area contributed by atoms with Crippen molar-refractivity contribution in [3.8, 4) is 0 Å². The number of para-hydroxylation sites is 1. The molecule has 2 aromatic rings. The van der Waals surface area contributed by atoms with Crippen LogP contribution >= 0.6 is 11.6 Å². The highest BCUT2D eigenvalue weighted by molar-refractivity contribution is 6.18. The molecule has 0 aliphatic heterocycles. The van der Waals surface area contributed by atoms with Crippen molar-refractivity contribution in [2.75, 3.05) is 5.73 Å². The zero-order chi connectivity index (χ0) is 10.1. The minimum absolute atomic E-state index is 0.412. The molecule has 0 fully saturated rings. The summed E-state index contributed by atoms with van der Waals surface area (Å²) in [5.74, 6) is 0.412. The molecule has 0 aliphatic carbocycles. The Morgan fingerprint density at radius 2 is 2.07 bits per heavy atom. The summed E-state index contributed by atoms with van der Waals surface area (Å²) in [4.78, 5) is 4.44. The van der Waals surface area contributed by atoms with E-state index in [1.54, 1.807) is 0 Å². The van der Waals surface area contributed by atoms with Gasteiger partial charge in [0.15, 0.2) is 0 Å². The van der Waals surface area contributed by atoms with Gasteiger partial charge in [-0.05, 0) is 13.0 Å². The Balaban J connectivity index is 2.86. The summed E-state index contributed by atoms with van der Waals surface area (Å²) in [5, 5.41) is 0.980. The summed E-state index contributed by atoms with van der Waals surface area (Å²) in [5.41, 5.74) is 9.53. The van der Waals surface area contributed by atoms with E-state index in [1.165, 1.54) is 0 Å². The molecule has 0 atom stereocenters. The molecule has 14 heavy (non-hydrogen) atoms. The number of nitrogens with zero attached hydrogens (tertiary/aromatic N) is 1. The number of nitrogens with two attached hydrogens (primary N) is 1. The minimum Gasteiger partial charge on any atom is -0.398 e. The van der Waals surface area contributed by atoms with Gasteiger partial charge in [0.2, 0.25) is 0 Å². The standard InChI is InChI=1S/C11H11ClN2/c1-7-9(6-12)11(13)8-4-2-3-5-10(8)14-7/h2-5H,6H2,1H3,(H2,13,14). The molecule has 0 unspecified atom stereocenters. The number of nitrogen functional groups attached to an aromatic ring is 1. The van der Waals surface area contributed by atoms with E-state index in [9.17, 15) is 0 Å². The normalized spacial score (nSPS) is 10.7. The number of benzene rings is 1. The first-order valence-electron chi connectivity index (χ1n) is 4.43. The maximum atomic E-state index is 6.01. The molecule has 1 aromatic carbocycles. The lowest BCUT2D eigenvalue weighted by Crippen LogP contribution is -1.99. The minimum atomic E-state index is 0.412. The Kier molecular flexibility index (Phi) is 2.30. The van der Waals surface area contributed by atoms with E-state index >= 15 is 0 Å². The van der Waals surface area contributed by atoms with Gasteiger partial charge >= 0.3 is 0 Å². The summed E-state index contributed by atoms with van der Waals surface area (Å²) < 4.78 is 0. The Hall–Kier alpha value is -1.28. The van der Waals surface area contributed by atoms with Crippen molar-refractivity contribution in [1.29, 1.82) is 0 Å². The molecule has 72 valence electrons. The molecule has 2 N–H and O–H groups in total. The van der Waals surface area contributed by atoms with Crippen LogP contribution in [0.5, 0.6) is 0 Å². The number of fused-ring (bicyclic) bond motifs is 1. The van der Waals surface area contributed by atoms with Gasteiger partial charge in [-0.15, -0.1) is 11.6 Å². The largest absolute Gasteiger partial charge is 0.398 e. The topological polar surface area (TPSA) is 38.9 Å². The van der Waals surface area contributed by atoms with Crippen LogP contribution in [-0.4, -0.2) is 4.98 Å². The first-order chi connectivity index (χ1) is 6.74. The number of aryl methyl sites for hydroxylation is 1. The van der Waals surface area contributed by atoms with Gasteiger partial charge in [-0.25, -0.2) is 0 Å². The van der Waals surface area contributed by atoms with Crippen LogP contribution in [0.25, 0.3) is 10.9 Å². The van der Waals surface area contributed by atoms with Crippen LogP contribution < -0.4 is 5.73 Å². The van der Waals surface area contributed by atoms with Gasteiger partial charge in [0.25, 0.3) is 0 Å². The van der Waals surface area contributed by atoms with Crippen LogP contribution in [0.2, 0.25) is 0 Å². The third kappa shape index (κ3) is 1.32. The molecule has 3 heteroatoms. The average Bonchev–Trinajstić information content (AvgIpc) is 2.18. The molecule has 0 bridgehead atoms. The fraction of sp³-hybridized carbons (Fsp3) is 0.182. The maximum Gasteiger partial charge on any atom is 0.0726 e. The first-order valence-corrected chi connectivity index (χ1v) is 4.97. The van der Waals surface area contributed by atoms with Gasteiger partial charge in [0.1, 0.15) is 0 Å². The van der Waals surface area contributed by atoms with Gasteiger partial charge in [0, 0.05) is 22.3 Å². The van der Waals surface area contributed by atoms with E-state index < -0.39 is 0 Å². The number of alkyl halides is 1. The average molecular weight is 207 g/mol. The van der Waals surface area contributed by atoms with E-state index in [-0.39, 0.29) is 0 Å². The van der Waals surface area contributed by atoms with Gasteiger partial charge < -0.3 is 5.73 Å². The van der Waals surface area contributed by atoms with E-state index in [0.29, 0.717) is 5.88 Å². The van der Waals surface area contributed by atoms with Crippen LogP contribution in [0.1, 0.15) is 11.3 Å². The predicted octanol–water partition coefficient (Wildman–Crippen LogP) is 2.86. The van der Waals surface area contributed by atoms with Crippen LogP contribution in [0.4, 0.5) is 5.69 Å². The van der Waals surface area contributed by atoms with E-state index in [0.717, 1.165) is 27.8 Å². The van der Waals surface area contributed by atoms with Crippen molar-refractivity contribution in [3.05, 3.63) is 35.5 Å². The fourth-order valence-electron chi connectivity index (χ4n) is 1.57. The summed E-state index contributed by atoms with van der Waals surface area (Å²) in [6.45, 7) is 1.93. The number of anilines is 1. The molecule has 0 aliphatic rings. The molecule has 0 saturated heterocycles. The molecule has 0 saturated carbocycles. The highest BCUT2D eigenvalue weighted by atomic mass is 35.5. The Labute approximate surface area is 87.7 Å². The number of aromatic nitrogens is 1. The van der Waals surface area contributed by atoms with Crippen LogP contribution in [-0.2, 0) is 5.88 Å². The summed E-state index contributed by atoms with van der Waals surface area (Å²) in [7, 11) is 0. The van der Waals surface area contributed by atoms with Crippen LogP contribution in [0, 0.1) is 6.92 Å². The van der Waals surface area contributed by atoms with Gasteiger partial charge in [-0.3, -0.25) is 4.98 Å². The van der Waals surface area contributed by atoms with Gasteiger partial charge in [0.05, 0.1) is 11.4 Å². The summed E-state index contributed by atoms with van der Waals surface area (Å²) >= 11 is 5.82. The Morgan fingerprint density at radius 1 is 1.36 bits per heavy atom. The van der Waals surface area contributed by atoms with Gasteiger partial charge in [-0.2, -0.15) is 0 Å². The number of pyridine rings is 1. The molecule has 1 heterocycles. The van der Waals surface area contributed by atoms with Crippen LogP contribution in [0.3, 0.4) is 0 Å². The highest BCUT2D eigenvalue weighted by Crippen LogP contribution is 2.26. The second kappa shape index (κ2) is 3.46. The third-order valence-electron chi connectivity index (χ3n) is 2.38. The SMILES string of the molecule is Cc1nc2ccccc2c(N)c1CCl. The van der Waals surface area contributed by atoms with Crippen molar-refractivity contribution in [1.82, 2.24) is 4.98 Å². The molecular formula is C11H11ClN2. The van der Waals surface area contributed by atoms with Crippen molar-refractivity contribution in [3.63, 3.8) is 0 Å². The lowest BCUT2D eigenvalue weighted by molar-refractivity contribution is 1.18. The molecule has 2 rings (SSSR count). The summed E-state index contributed by atoms with van der Waals surface area (Å²) in [6.07, 6.45) is 0. The quantitative estimate of drug-likeness (QED) is 0.729. The Morgan fingerprint density at radius 3 is 2.79 bits per heavy atom. The van der Waals surface area contributed by atoms with E-state index in [1.807, 2.05) is 31.2 Å². The third-order valence-corrected chi connectivity index (χ3v) is 2.65. The highest BCUT2D eigenvalue weighted by Gasteiger charge is 2.07. The van der Waals surface area contributed by atoms with Crippen molar-refractivity contribution in [2.24, 2.45) is 0 Å². The monoisotopic (exact) mass is 206 g/mol. The van der Waals surface area contributed by atoms with Crippen molar-refractivity contribution in [2.45, 2.75) is 12.8 Å². The van der Waals surface area contributed by atoms with E-state index in [2.05, 4.69) is 4.98 Å². The van der Waals surface area contributed by atoms with E-state index in [4.69, 9.17) is 17.3 Å². The van der Waals surface area contributed by atoms with Gasteiger partial charge in [-0.1, -0.05) is 18.2 Å². The first kappa shape index (κ1) is 9.28. The van der Waals surface area contributed by atoms with Crippen molar-refractivity contribution >= 4 is 28.2 Å². The van der Waals surface area contributed by atoms with Crippen LogP contribution in [0.15, 0.2) is 24.3 Å². The molecule has 0 amide bonds. The smallest absolute Gasteiger partial charge is 0.0726 e.